The lowest BCUT2D eigenvalue weighted by atomic mass is 9.88. The van der Waals surface area contributed by atoms with Gasteiger partial charge in [0.25, 0.3) is 0 Å². The number of carbonyl (C=O) groups excluding carboxylic acids is 1. The van der Waals surface area contributed by atoms with Crippen LogP contribution in [0.1, 0.15) is 28.7 Å². The molecule has 4 aromatic carbocycles. The highest BCUT2D eigenvalue weighted by Crippen LogP contribution is 2.38. The van der Waals surface area contributed by atoms with Crippen LogP contribution >= 0.6 is 11.8 Å². The summed E-state index contributed by atoms with van der Waals surface area (Å²) in [4.78, 5) is 14.8. The SMILES string of the molecule is COc1ccc([C@@H](NS(=O)(=O)c2ccc(C)cc2)[C@@H](C(=O)Sc2ccccc2)c2ccccc2)cc1. The lowest BCUT2D eigenvalue weighted by molar-refractivity contribution is -0.112. The fraction of sp³-hybridized carbons (Fsp3) is 0.138. The number of aryl methyl sites for hydroxylation is 1. The summed E-state index contributed by atoms with van der Waals surface area (Å²) in [5.74, 6) is -0.148. The summed E-state index contributed by atoms with van der Waals surface area (Å²) < 4.78 is 35.2. The smallest absolute Gasteiger partial charge is 0.241 e. The van der Waals surface area contributed by atoms with Gasteiger partial charge in [-0.25, -0.2) is 13.1 Å². The molecule has 0 aliphatic heterocycles. The molecule has 4 aromatic rings. The number of methoxy groups -OCH3 is 1. The lowest BCUT2D eigenvalue weighted by Crippen LogP contribution is -2.35. The van der Waals surface area contributed by atoms with Crippen LogP contribution in [0.3, 0.4) is 0 Å². The van der Waals surface area contributed by atoms with Crippen molar-refractivity contribution >= 4 is 26.9 Å². The van der Waals surface area contributed by atoms with Crippen LogP contribution in [0.4, 0.5) is 0 Å². The largest absolute Gasteiger partial charge is 0.497 e. The Morgan fingerprint density at radius 3 is 1.94 bits per heavy atom. The van der Waals surface area contributed by atoms with E-state index in [-0.39, 0.29) is 10.0 Å². The van der Waals surface area contributed by atoms with E-state index in [0.717, 1.165) is 27.8 Å². The van der Waals surface area contributed by atoms with E-state index in [9.17, 15) is 13.2 Å². The quantitative estimate of drug-likeness (QED) is 0.271. The minimum absolute atomic E-state index is 0.140. The second-order valence-electron chi connectivity index (χ2n) is 8.31. The van der Waals surface area contributed by atoms with Gasteiger partial charge in [-0.2, -0.15) is 0 Å². The van der Waals surface area contributed by atoms with Crippen molar-refractivity contribution in [2.24, 2.45) is 0 Å². The van der Waals surface area contributed by atoms with Crippen molar-refractivity contribution in [3.63, 3.8) is 0 Å². The highest BCUT2D eigenvalue weighted by atomic mass is 32.2. The van der Waals surface area contributed by atoms with Crippen molar-refractivity contribution in [3.05, 3.63) is 126 Å². The van der Waals surface area contributed by atoms with Crippen molar-refractivity contribution in [2.45, 2.75) is 28.7 Å². The van der Waals surface area contributed by atoms with Crippen LogP contribution in [0.25, 0.3) is 0 Å². The maximum Gasteiger partial charge on any atom is 0.241 e. The summed E-state index contributed by atoms with van der Waals surface area (Å²) in [5, 5.41) is -0.167. The van der Waals surface area contributed by atoms with E-state index >= 15 is 0 Å². The Hall–Kier alpha value is -3.39. The zero-order valence-electron chi connectivity index (χ0n) is 20.0. The van der Waals surface area contributed by atoms with Gasteiger partial charge in [-0.3, -0.25) is 4.79 Å². The average Bonchev–Trinajstić information content (AvgIpc) is 2.90. The zero-order chi connectivity index (χ0) is 25.5. The van der Waals surface area contributed by atoms with Crippen LogP contribution < -0.4 is 9.46 Å². The average molecular weight is 518 g/mol. The standard InChI is InChI=1S/C29H27NO4S2/c1-21-13-19-26(20-14-21)36(32,33)30-28(23-15-17-24(34-2)18-16-23)27(22-9-5-3-6-10-22)29(31)35-25-11-7-4-8-12-25/h3-20,27-28,30H,1-2H3/t27-,28+/m0/s1. The number of thioether (sulfide) groups is 1. The van der Waals surface area contributed by atoms with Gasteiger partial charge in [0.1, 0.15) is 5.75 Å². The number of carbonyl (C=O) groups is 1. The summed E-state index contributed by atoms with van der Waals surface area (Å²) in [6, 6.07) is 31.5. The molecular formula is C29H27NO4S2. The Bertz CT molecular complexity index is 1390. The summed E-state index contributed by atoms with van der Waals surface area (Å²) in [7, 11) is -2.37. The van der Waals surface area contributed by atoms with Gasteiger partial charge in [-0.05, 0) is 54.4 Å². The Balaban J connectivity index is 1.80. The molecule has 2 atom stereocenters. The van der Waals surface area contributed by atoms with Crippen molar-refractivity contribution in [2.75, 3.05) is 7.11 Å². The first-order chi connectivity index (χ1) is 17.4. The first kappa shape index (κ1) is 25.7. The fourth-order valence-electron chi connectivity index (χ4n) is 3.89. The third-order valence-electron chi connectivity index (χ3n) is 5.80. The molecule has 0 heterocycles. The van der Waals surface area contributed by atoms with Crippen LogP contribution in [-0.4, -0.2) is 20.6 Å². The molecule has 4 rings (SSSR count). The molecule has 0 spiro atoms. The number of nitrogens with one attached hydrogen (secondary N) is 1. The highest BCUT2D eigenvalue weighted by Gasteiger charge is 2.35. The molecule has 5 nitrogen and oxygen atoms in total. The van der Waals surface area contributed by atoms with Crippen molar-refractivity contribution in [1.29, 1.82) is 0 Å². The molecule has 0 aliphatic carbocycles. The molecule has 0 saturated carbocycles. The van der Waals surface area contributed by atoms with Gasteiger partial charge in [-0.15, -0.1) is 0 Å². The second kappa shape index (κ2) is 11.6. The Kier molecular flexibility index (Phi) is 8.25. The number of hydrogen-bond acceptors (Lipinski definition) is 5. The van der Waals surface area contributed by atoms with Gasteiger partial charge in [-0.1, -0.05) is 90.1 Å². The predicted molar refractivity (Wildman–Crippen MR) is 144 cm³/mol. The predicted octanol–water partition coefficient (Wildman–Crippen LogP) is 6.13. The van der Waals surface area contributed by atoms with E-state index in [2.05, 4.69) is 4.72 Å². The minimum atomic E-state index is -3.94. The summed E-state index contributed by atoms with van der Waals surface area (Å²) in [6.07, 6.45) is 0. The lowest BCUT2D eigenvalue weighted by Gasteiger charge is -2.28. The third-order valence-corrected chi connectivity index (χ3v) is 8.22. The first-order valence-electron chi connectivity index (χ1n) is 11.4. The number of benzene rings is 4. The third kappa shape index (κ3) is 6.23. The van der Waals surface area contributed by atoms with Gasteiger partial charge in [0.2, 0.25) is 15.1 Å². The van der Waals surface area contributed by atoms with Crippen molar-refractivity contribution in [1.82, 2.24) is 4.72 Å². The van der Waals surface area contributed by atoms with Crippen molar-refractivity contribution in [3.8, 4) is 5.75 Å². The van der Waals surface area contributed by atoms with Gasteiger partial charge in [0, 0.05) is 4.90 Å². The zero-order valence-corrected chi connectivity index (χ0v) is 21.6. The molecule has 36 heavy (non-hydrogen) atoms. The minimum Gasteiger partial charge on any atom is -0.497 e. The molecule has 7 heteroatoms. The summed E-state index contributed by atoms with van der Waals surface area (Å²) >= 11 is 1.10. The number of rotatable bonds is 9. The van der Waals surface area contributed by atoms with E-state index in [4.69, 9.17) is 4.74 Å². The van der Waals surface area contributed by atoms with Crippen LogP contribution in [0, 0.1) is 6.92 Å². The van der Waals surface area contributed by atoms with Crippen LogP contribution in [0.2, 0.25) is 0 Å². The van der Waals surface area contributed by atoms with E-state index in [0.29, 0.717) is 11.3 Å². The molecule has 0 saturated heterocycles. The van der Waals surface area contributed by atoms with Gasteiger partial charge in [0.05, 0.1) is 24.0 Å². The molecule has 0 aromatic heterocycles. The maximum absolute atomic E-state index is 13.8. The molecule has 0 unspecified atom stereocenters. The van der Waals surface area contributed by atoms with Gasteiger partial charge in [0.15, 0.2) is 0 Å². The Morgan fingerprint density at radius 1 is 0.778 bits per heavy atom. The maximum atomic E-state index is 13.8. The fourth-order valence-corrected chi connectivity index (χ4v) is 6.05. The Morgan fingerprint density at radius 2 is 1.36 bits per heavy atom. The molecular weight excluding hydrogens is 490 g/mol. The normalized spacial score (nSPS) is 13.1. The number of sulfonamides is 1. The van der Waals surface area contributed by atoms with Gasteiger partial charge >= 0.3 is 0 Å². The van der Waals surface area contributed by atoms with Crippen molar-refractivity contribution < 1.29 is 17.9 Å². The monoisotopic (exact) mass is 517 g/mol. The second-order valence-corrected chi connectivity index (χ2v) is 11.1. The summed E-state index contributed by atoms with van der Waals surface area (Å²) in [5.41, 5.74) is 2.33. The van der Waals surface area contributed by atoms with E-state index in [1.807, 2.05) is 67.6 Å². The molecule has 0 bridgehead atoms. The van der Waals surface area contributed by atoms with Crippen LogP contribution in [0.15, 0.2) is 119 Å². The van der Waals surface area contributed by atoms with E-state index in [1.165, 1.54) is 0 Å². The Labute approximate surface area is 216 Å². The molecule has 0 amide bonds. The number of ether oxygens (including phenoxy) is 1. The van der Waals surface area contributed by atoms with Crippen LogP contribution in [0.5, 0.6) is 5.75 Å². The van der Waals surface area contributed by atoms with Gasteiger partial charge < -0.3 is 4.74 Å². The highest BCUT2D eigenvalue weighted by molar-refractivity contribution is 8.13. The topological polar surface area (TPSA) is 72.5 Å². The van der Waals surface area contributed by atoms with E-state index < -0.39 is 22.0 Å². The number of hydrogen-bond donors (Lipinski definition) is 1. The molecule has 1 N–H and O–H groups in total. The summed E-state index contributed by atoms with van der Waals surface area (Å²) in [6.45, 7) is 1.90. The molecule has 0 radical (unpaired) electrons. The molecule has 184 valence electrons. The van der Waals surface area contributed by atoms with E-state index in [1.54, 1.807) is 55.6 Å². The molecule has 0 aliphatic rings. The molecule has 0 fully saturated rings. The van der Waals surface area contributed by atoms with Crippen LogP contribution in [-0.2, 0) is 14.8 Å². The first-order valence-corrected chi connectivity index (χ1v) is 13.7.